The van der Waals surface area contributed by atoms with Crippen molar-refractivity contribution in [3.63, 3.8) is 0 Å². The maximum absolute atomic E-state index is 13.2. The van der Waals surface area contributed by atoms with E-state index in [1.54, 1.807) is 16.2 Å². The number of rotatable bonds is 4. The molecular weight excluding hydrogens is 388 g/mol. The molecule has 2 aromatic rings. The monoisotopic (exact) mass is 416 g/mol. The number of carbonyl (C=O) groups excluding carboxylic acids is 2. The zero-order valence-corrected chi connectivity index (χ0v) is 18.2. The maximum Gasteiger partial charge on any atom is 0.262 e. The lowest BCUT2D eigenvalue weighted by Crippen LogP contribution is -2.42. The van der Waals surface area contributed by atoms with Gasteiger partial charge in [-0.1, -0.05) is 0 Å². The lowest BCUT2D eigenvalue weighted by Gasteiger charge is -2.33. The standard InChI is InChI=1S/C21H28N4O3S/c1-13-14(2)29-20-19(13)21(28)25(15(3)22-20)16-6-10-24(11-7-16)18(27)8-12-23-9-4-5-17(23)26/h16H,4-12H2,1-3H3. The van der Waals surface area contributed by atoms with Crippen molar-refractivity contribution >= 4 is 33.4 Å². The van der Waals surface area contributed by atoms with Crippen LogP contribution < -0.4 is 5.56 Å². The second kappa shape index (κ2) is 7.89. The predicted molar refractivity (Wildman–Crippen MR) is 113 cm³/mol. The molecule has 29 heavy (non-hydrogen) atoms. The topological polar surface area (TPSA) is 75.5 Å². The van der Waals surface area contributed by atoms with Crippen molar-refractivity contribution in [3.05, 3.63) is 26.6 Å². The Balaban J connectivity index is 1.43. The molecule has 0 aliphatic carbocycles. The number of aryl methyl sites for hydroxylation is 3. The number of hydrogen-bond donors (Lipinski definition) is 0. The van der Waals surface area contributed by atoms with Crippen LogP contribution in [0.15, 0.2) is 4.79 Å². The van der Waals surface area contributed by atoms with Crippen LogP contribution in [0.3, 0.4) is 0 Å². The van der Waals surface area contributed by atoms with Gasteiger partial charge in [-0.3, -0.25) is 19.0 Å². The van der Waals surface area contributed by atoms with E-state index in [9.17, 15) is 14.4 Å². The van der Waals surface area contributed by atoms with E-state index in [-0.39, 0.29) is 23.4 Å². The van der Waals surface area contributed by atoms with Gasteiger partial charge in [0.15, 0.2) is 0 Å². The zero-order valence-electron chi connectivity index (χ0n) is 17.4. The van der Waals surface area contributed by atoms with Crippen LogP contribution in [0, 0.1) is 20.8 Å². The summed E-state index contributed by atoms with van der Waals surface area (Å²) in [6, 6.07) is 0.0724. The van der Waals surface area contributed by atoms with Gasteiger partial charge in [0.1, 0.15) is 10.7 Å². The summed E-state index contributed by atoms with van der Waals surface area (Å²) in [5.74, 6) is 1.01. The summed E-state index contributed by atoms with van der Waals surface area (Å²) in [7, 11) is 0. The van der Waals surface area contributed by atoms with Crippen LogP contribution in [0.2, 0.25) is 0 Å². The number of aromatic nitrogens is 2. The molecule has 0 bridgehead atoms. The Morgan fingerprint density at radius 1 is 1.14 bits per heavy atom. The van der Waals surface area contributed by atoms with Crippen LogP contribution in [-0.4, -0.2) is 57.3 Å². The van der Waals surface area contributed by atoms with Crippen LogP contribution >= 0.6 is 11.3 Å². The van der Waals surface area contributed by atoms with Crippen LogP contribution in [0.25, 0.3) is 10.2 Å². The Morgan fingerprint density at radius 3 is 2.52 bits per heavy atom. The first-order valence-corrected chi connectivity index (χ1v) is 11.2. The fourth-order valence-electron chi connectivity index (χ4n) is 4.54. The first-order chi connectivity index (χ1) is 13.9. The predicted octanol–water partition coefficient (Wildman–Crippen LogP) is 2.56. The summed E-state index contributed by atoms with van der Waals surface area (Å²) < 4.78 is 1.84. The lowest BCUT2D eigenvalue weighted by molar-refractivity contribution is -0.134. The third-order valence-electron chi connectivity index (χ3n) is 6.36. The van der Waals surface area contributed by atoms with Gasteiger partial charge in [0.2, 0.25) is 11.8 Å². The molecule has 2 aliphatic heterocycles. The largest absolute Gasteiger partial charge is 0.342 e. The molecule has 0 atom stereocenters. The van der Waals surface area contributed by atoms with Gasteiger partial charge in [-0.15, -0.1) is 11.3 Å². The van der Waals surface area contributed by atoms with Gasteiger partial charge in [0.05, 0.1) is 5.39 Å². The normalized spacial score (nSPS) is 18.2. The maximum atomic E-state index is 13.2. The number of amides is 2. The quantitative estimate of drug-likeness (QED) is 0.768. The van der Waals surface area contributed by atoms with Crippen LogP contribution in [0.4, 0.5) is 0 Å². The van der Waals surface area contributed by atoms with E-state index in [1.807, 2.05) is 30.2 Å². The Labute approximate surface area is 174 Å². The molecule has 0 aromatic carbocycles. The molecule has 0 unspecified atom stereocenters. The summed E-state index contributed by atoms with van der Waals surface area (Å²) >= 11 is 1.58. The van der Waals surface area contributed by atoms with Crippen LogP contribution in [0.1, 0.15) is 54.4 Å². The van der Waals surface area contributed by atoms with E-state index < -0.39 is 0 Å². The van der Waals surface area contributed by atoms with E-state index in [2.05, 4.69) is 0 Å². The van der Waals surface area contributed by atoms with Crippen LogP contribution in [0.5, 0.6) is 0 Å². The second-order valence-electron chi connectivity index (χ2n) is 8.14. The highest BCUT2D eigenvalue weighted by Gasteiger charge is 2.28. The Bertz CT molecular complexity index is 1020. The first-order valence-electron chi connectivity index (χ1n) is 10.4. The molecule has 2 saturated heterocycles. The van der Waals surface area contributed by atoms with E-state index in [0.717, 1.165) is 52.3 Å². The lowest BCUT2D eigenvalue weighted by atomic mass is 10.0. The summed E-state index contributed by atoms with van der Waals surface area (Å²) in [6.07, 6.45) is 3.40. The molecule has 2 aliphatic rings. The molecule has 156 valence electrons. The van der Waals surface area contributed by atoms with E-state index in [0.29, 0.717) is 32.5 Å². The molecule has 0 spiro atoms. The highest BCUT2D eigenvalue weighted by molar-refractivity contribution is 7.18. The van der Waals surface area contributed by atoms with Gasteiger partial charge in [0, 0.05) is 49.9 Å². The number of thiophene rings is 1. The Kier molecular flexibility index (Phi) is 5.46. The van der Waals surface area contributed by atoms with Gasteiger partial charge in [0.25, 0.3) is 5.56 Å². The Hall–Kier alpha value is -2.22. The fraction of sp³-hybridized carbons (Fsp3) is 0.619. The smallest absolute Gasteiger partial charge is 0.262 e. The minimum atomic E-state index is 0.0478. The highest BCUT2D eigenvalue weighted by atomic mass is 32.1. The molecule has 0 N–H and O–H groups in total. The molecule has 2 aromatic heterocycles. The van der Waals surface area contributed by atoms with Crippen LogP contribution in [-0.2, 0) is 9.59 Å². The minimum absolute atomic E-state index is 0.0478. The number of hydrogen-bond acceptors (Lipinski definition) is 5. The summed E-state index contributed by atoms with van der Waals surface area (Å²) in [6.45, 7) is 8.49. The molecule has 0 radical (unpaired) electrons. The highest BCUT2D eigenvalue weighted by Crippen LogP contribution is 2.29. The van der Waals surface area contributed by atoms with Gasteiger partial charge >= 0.3 is 0 Å². The van der Waals surface area contributed by atoms with E-state index in [1.165, 1.54) is 0 Å². The van der Waals surface area contributed by atoms with Gasteiger partial charge in [-0.25, -0.2) is 4.98 Å². The third kappa shape index (κ3) is 3.70. The average Bonchev–Trinajstić information content (AvgIpc) is 3.22. The summed E-state index contributed by atoms with van der Waals surface area (Å²) in [4.78, 5) is 47.8. The Morgan fingerprint density at radius 2 is 1.86 bits per heavy atom. The minimum Gasteiger partial charge on any atom is -0.342 e. The average molecular weight is 417 g/mol. The van der Waals surface area contributed by atoms with Crippen molar-refractivity contribution in [3.8, 4) is 0 Å². The van der Waals surface area contributed by atoms with Gasteiger partial charge in [-0.2, -0.15) is 0 Å². The molecule has 4 rings (SSSR count). The number of nitrogens with zero attached hydrogens (tertiary/aromatic N) is 4. The number of piperidine rings is 1. The van der Waals surface area contributed by atoms with Gasteiger partial charge in [-0.05, 0) is 45.6 Å². The molecule has 2 amide bonds. The van der Waals surface area contributed by atoms with Crippen molar-refractivity contribution in [1.82, 2.24) is 19.4 Å². The van der Waals surface area contributed by atoms with E-state index in [4.69, 9.17) is 4.98 Å². The molecule has 4 heterocycles. The molecule has 2 fully saturated rings. The van der Waals surface area contributed by atoms with Crippen molar-refractivity contribution in [2.45, 2.75) is 58.9 Å². The molecule has 7 nitrogen and oxygen atoms in total. The number of fused-ring (bicyclic) bond motifs is 1. The number of carbonyl (C=O) groups is 2. The SMILES string of the molecule is Cc1sc2nc(C)n(C3CCN(C(=O)CCN4CCCC4=O)CC3)c(=O)c2c1C. The van der Waals surface area contributed by atoms with Crippen molar-refractivity contribution < 1.29 is 9.59 Å². The van der Waals surface area contributed by atoms with Crippen molar-refractivity contribution in [2.24, 2.45) is 0 Å². The number of likely N-dealkylation sites (tertiary alicyclic amines) is 2. The van der Waals surface area contributed by atoms with Crippen molar-refractivity contribution in [2.75, 3.05) is 26.2 Å². The second-order valence-corrected chi connectivity index (χ2v) is 9.35. The first kappa shape index (κ1) is 20.1. The van der Waals surface area contributed by atoms with E-state index >= 15 is 0 Å². The molecule has 0 saturated carbocycles. The van der Waals surface area contributed by atoms with Crippen molar-refractivity contribution in [1.29, 1.82) is 0 Å². The zero-order chi connectivity index (χ0) is 20.7. The molecule has 8 heteroatoms. The van der Waals surface area contributed by atoms with Gasteiger partial charge < -0.3 is 9.80 Å². The molecular formula is C21H28N4O3S. The third-order valence-corrected chi connectivity index (χ3v) is 7.46. The fourth-order valence-corrected chi connectivity index (χ4v) is 5.61. The summed E-state index contributed by atoms with van der Waals surface area (Å²) in [5.41, 5.74) is 1.08. The summed E-state index contributed by atoms with van der Waals surface area (Å²) in [5, 5.41) is 0.742.